The van der Waals surface area contributed by atoms with Crippen molar-refractivity contribution in [2.75, 3.05) is 12.8 Å². The maximum Gasteiger partial charge on any atom is 0.341 e. The number of aryl methyl sites for hydroxylation is 1. The first kappa shape index (κ1) is 12.7. The van der Waals surface area contributed by atoms with Crippen molar-refractivity contribution in [2.45, 2.75) is 6.92 Å². The van der Waals surface area contributed by atoms with Gasteiger partial charge in [0.1, 0.15) is 23.4 Å². The molecule has 0 aromatic carbocycles. The molecule has 0 radical (unpaired) electrons. The number of anilines is 1. The Morgan fingerprint density at radius 3 is 2.68 bits per heavy atom. The van der Waals surface area contributed by atoms with Crippen LogP contribution in [0, 0.1) is 6.92 Å². The number of hydrogen-bond donors (Lipinski definition) is 2. The van der Waals surface area contributed by atoms with Crippen LogP contribution in [-0.4, -0.2) is 38.1 Å². The van der Waals surface area contributed by atoms with Crippen molar-refractivity contribution in [2.24, 2.45) is 0 Å². The molecule has 0 bridgehead atoms. The smallest absolute Gasteiger partial charge is 0.341 e. The highest BCUT2D eigenvalue weighted by molar-refractivity contribution is 5.94. The molecular weight excluding hydrogens is 250 g/mol. The molecule has 0 unspecified atom stereocenters. The van der Waals surface area contributed by atoms with E-state index < -0.39 is 5.97 Å². The molecule has 2 aromatic heterocycles. The molecule has 0 saturated heterocycles. The fourth-order valence-corrected chi connectivity index (χ4v) is 1.55. The summed E-state index contributed by atoms with van der Waals surface area (Å²) in [5.41, 5.74) is 6.19. The molecule has 19 heavy (non-hydrogen) atoms. The zero-order valence-corrected chi connectivity index (χ0v) is 10.3. The van der Waals surface area contributed by atoms with Gasteiger partial charge < -0.3 is 15.6 Å². The van der Waals surface area contributed by atoms with Crippen LogP contribution in [0.3, 0.4) is 0 Å². The Bertz CT molecular complexity index is 621. The third-order valence-electron chi connectivity index (χ3n) is 2.41. The van der Waals surface area contributed by atoms with Crippen LogP contribution in [0.4, 0.5) is 5.82 Å². The second kappa shape index (κ2) is 4.84. The summed E-state index contributed by atoms with van der Waals surface area (Å²) in [7, 11) is 1.47. The highest BCUT2D eigenvalue weighted by Crippen LogP contribution is 2.20. The average Bonchev–Trinajstić information content (AvgIpc) is 2.37. The molecule has 2 aromatic rings. The Hall–Kier alpha value is -2.77. The van der Waals surface area contributed by atoms with E-state index in [0.717, 1.165) is 0 Å². The topological polar surface area (TPSA) is 124 Å². The van der Waals surface area contributed by atoms with Gasteiger partial charge in [0.2, 0.25) is 5.88 Å². The Kier molecular flexibility index (Phi) is 3.23. The second-order valence-electron chi connectivity index (χ2n) is 3.64. The lowest BCUT2D eigenvalue weighted by atomic mass is 10.2. The summed E-state index contributed by atoms with van der Waals surface area (Å²) < 4.78 is 4.97. The highest BCUT2D eigenvalue weighted by Gasteiger charge is 2.17. The van der Waals surface area contributed by atoms with Crippen LogP contribution in [-0.2, 0) is 0 Å². The molecule has 0 amide bonds. The summed E-state index contributed by atoms with van der Waals surface area (Å²) in [5.74, 6) is -0.692. The fraction of sp³-hybridized carbons (Fsp3) is 0.182. The largest absolute Gasteiger partial charge is 0.481 e. The van der Waals surface area contributed by atoms with E-state index in [-0.39, 0.29) is 22.9 Å². The summed E-state index contributed by atoms with van der Waals surface area (Å²) >= 11 is 0. The third kappa shape index (κ3) is 2.41. The molecule has 0 saturated carbocycles. The van der Waals surface area contributed by atoms with Gasteiger partial charge in [-0.05, 0) is 6.92 Å². The highest BCUT2D eigenvalue weighted by atomic mass is 16.5. The van der Waals surface area contributed by atoms with Gasteiger partial charge in [-0.3, -0.25) is 0 Å². The molecule has 3 N–H and O–H groups in total. The fourth-order valence-electron chi connectivity index (χ4n) is 1.55. The van der Waals surface area contributed by atoms with Gasteiger partial charge in [0.05, 0.1) is 12.8 Å². The van der Waals surface area contributed by atoms with Crippen molar-refractivity contribution >= 4 is 11.8 Å². The zero-order valence-electron chi connectivity index (χ0n) is 10.3. The molecule has 0 spiro atoms. The predicted octanol–water partition coefficient (Wildman–Crippen LogP) is 0.531. The standard InChI is InChI=1S/C11H11N5O3/c1-5-8(11(17)18)9(12)16-10(15-5)6-3-7(19-2)14-4-13-6/h3-4H,1-2H3,(H,17,18)(H2,12,15,16). The normalized spacial score (nSPS) is 10.2. The lowest BCUT2D eigenvalue weighted by Crippen LogP contribution is -2.10. The van der Waals surface area contributed by atoms with E-state index in [1.54, 1.807) is 6.92 Å². The minimum absolute atomic E-state index is 0.104. The number of nitrogen functional groups attached to an aromatic ring is 1. The van der Waals surface area contributed by atoms with Gasteiger partial charge in [-0.2, -0.15) is 0 Å². The first-order valence-corrected chi connectivity index (χ1v) is 5.26. The van der Waals surface area contributed by atoms with Gasteiger partial charge in [-0.15, -0.1) is 0 Å². The molecule has 8 nitrogen and oxygen atoms in total. The Morgan fingerprint density at radius 2 is 2.11 bits per heavy atom. The number of rotatable bonds is 3. The molecule has 0 aliphatic carbocycles. The summed E-state index contributed by atoms with van der Waals surface area (Å²) in [6, 6.07) is 1.54. The summed E-state index contributed by atoms with van der Waals surface area (Å²) in [6.07, 6.45) is 1.30. The van der Waals surface area contributed by atoms with E-state index >= 15 is 0 Å². The van der Waals surface area contributed by atoms with Gasteiger partial charge in [0.25, 0.3) is 0 Å². The van der Waals surface area contributed by atoms with Crippen molar-refractivity contribution < 1.29 is 14.6 Å². The van der Waals surface area contributed by atoms with Crippen LogP contribution < -0.4 is 10.5 Å². The maximum absolute atomic E-state index is 11.0. The monoisotopic (exact) mass is 261 g/mol. The van der Waals surface area contributed by atoms with Crippen LogP contribution in [0.2, 0.25) is 0 Å². The van der Waals surface area contributed by atoms with Crippen molar-refractivity contribution in [3.8, 4) is 17.4 Å². The molecule has 0 aliphatic heterocycles. The van der Waals surface area contributed by atoms with E-state index in [1.807, 2.05) is 0 Å². The van der Waals surface area contributed by atoms with E-state index in [2.05, 4.69) is 19.9 Å². The number of ether oxygens (including phenoxy) is 1. The van der Waals surface area contributed by atoms with Crippen molar-refractivity contribution in [1.82, 2.24) is 19.9 Å². The summed E-state index contributed by atoms with van der Waals surface area (Å²) in [4.78, 5) is 26.9. The number of nitrogens with zero attached hydrogens (tertiary/aromatic N) is 4. The van der Waals surface area contributed by atoms with E-state index in [0.29, 0.717) is 11.6 Å². The molecule has 0 atom stereocenters. The third-order valence-corrected chi connectivity index (χ3v) is 2.41. The molecule has 2 rings (SSSR count). The number of carboxylic acids is 1. The van der Waals surface area contributed by atoms with E-state index in [4.69, 9.17) is 15.6 Å². The summed E-state index contributed by atoms with van der Waals surface area (Å²) in [6.45, 7) is 1.55. The molecule has 0 aliphatic rings. The molecule has 2 heterocycles. The number of carbonyl (C=O) groups is 1. The maximum atomic E-state index is 11.0. The molecule has 8 heteroatoms. The van der Waals surface area contributed by atoms with Gasteiger partial charge in [-0.25, -0.2) is 24.7 Å². The lowest BCUT2D eigenvalue weighted by Gasteiger charge is -2.07. The van der Waals surface area contributed by atoms with Crippen LogP contribution in [0.5, 0.6) is 5.88 Å². The van der Waals surface area contributed by atoms with Crippen molar-refractivity contribution in [1.29, 1.82) is 0 Å². The number of hydrogen-bond acceptors (Lipinski definition) is 7. The van der Waals surface area contributed by atoms with Crippen molar-refractivity contribution in [3.63, 3.8) is 0 Å². The Labute approximate surface area is 108 Å². The SMILES string of the molecule is COc1cc(-c2nc(C)c(C(=O)O)c(N)n2)ncn1. The summed E-state index contributed by atoms with van der Waals surface area (Å²) in [5, 5.41) is 8.98. The zero-order chi connectivity index (χ0) is 14.0. The predicted molar refractivity (Wildman–Crippen MR) is 65.7 cm³/mol. The van der Waals surface area contributed by atoms with Crippen LogP contribution in [0.1, 0.15) is 16.1 Å². The average molecular weight is 261 g/mol. The Morgan fingerprint density at radius 1 is 1.37 bits per heavy atom. The van der Waals surface area contributed by atoms with Gasteiger partial charge in [0, 0.05) is 6.07 Å². The minimum atomic E-state index is -1.16. The minimum Gasteiger partial charge on any atom is -0.481 e. The molecular formula is C11H11N5O3. The van der Waals surface area contributed by atoms with E-state index in [9.17, 15) is 4.79 Å². The lowest BCUT2D eigenvalue weighted by molar-refractivity contribution is 0.0696. The first-order valence-electron chi connectivity index (χ1n) is 5.26. The number of aromatic carboxylic acids is 1. The van der Waals surface area contributed by atoms with Crippen LogP contribution in [0.25, 0.3) is 11.5 Å². The number of aromatic nitrogens is 4. The van der Waals surface area contributed by atoms with Crippen LogP contribution in [0.15, 0.2) is 12.4 Å². The quantitative estimate of drug-likeness (QED) is 0.819. The van der Waals surface area contributed by atoms with Gasteiger partial charge in [-0.1, -0.05) is 0 Å². The Balaban J connectivity index is 2.55. The van der Waals surface area contributed by atoms with E-state index in [1.165, 1.54) is 19.5 Å². The second-order valence-corrected chi connectivity index (χ2v) is 3.64. The number of carboxylic acid groups (broad SMARTS) is 1. The van der Waals surface area contributed by atoms with Gasteiger partial charge in [0.15, 0.2) is 5.82 Å². The van der Waals surface area contributed by atoms with Gasteiger partial charge >= 0.3 is 5.97 Å². The first-order chi connectivity index (χ1) is 9.02. The molecule has 0 fully saturated rings. The number of nitrogens with two attached hydrogens (primary N) is 1. The number of methoxy groups -OCH3 is 1. The van der Waals surface area contributed by atoms with Crippen LogP contribution >= 0.6 is 0 Å². The van der Waals surface area contributed by atoms with Crippen molar-refractivity contribution in [3.05, 3.63) is 23.7 Å². The molecule has 98 valence electrons.